The minimum Gasteiger partial charge on any atom is -0.491 e. The van der Waals surface area contributed by atoms with Crippen LogP contribution in [0.15, 0.2) is 18.2 Å². The van der Waals surface area contributed by atoms with Crippen LogP contribution in [0.1, 0.15) is 26.3 Å². The van der Waals surface area contributed by atoms with Gasteiger partial charge in [0.2, 0.25) is 0 Å². The van der Waals surface area contributed by atoms with Gasteiger partial charge in [0.15, 0.2) is 0 Å². The highest BCUT2D eigenvalue weighted by Crippen LogP contribution is 2.17. The van der Waals surface area contributed by atoms with Gasteiger partial charge in [-0.2, -0.15) is 0 Å². The van der Waals surface area contributed by atoms with Crippen molar-refractivity contribution in [1.29, 1.82) is 0 Å². The third-order valence-electron chi connectivity index (χ3n) is 2.53. The Bertz CT molecular complexity index is 369. The first-order valence-corrected chi connectivity index (χ1v) is 6.19. The Morgan fingerprint density at radius 3 is 2.56 bits per heavy atom. The van der Waals surface area contributed by atoms with E-state index >= 15 is 0 Å². The van der Waals surface area contributed by atoms with Gasteiger partial charge in [0.25, 0.3) is 0 Å². The fourth-order valence-electron chi connectivity index (χ4n) is 1.41. The van der Waals surface area contributed by atoms with Gasteiger partial charge in [0.05, 0.1) is 6.10 Å². The lowest BCUT2D eigenvalue weighted by Crippen LogP contribution is -2.22. The molecule has 0 aliphatic heterocycles. The second kappa shape index (κ2) is 7.34. The number of benzene rings is 1. The summed E-state index contributed by atoms with van der Waals surface area (Å²) in [7, 11) is 1.62. The first-order chi connectivity index (χ1) is 8.51. The highest BCUT2D eigenvalue weighted by Gasteiger charge is 2.05. The van der Waals surface area contributed by atoms with Crippen molar-refractivity contribution in [3.8, 4) is 5.75 Å². The van der Waals surface area contributed by atoms with Crippen molar-refractivity contribution in [3.63, 3.8) is 0 Å². The monoisotopic (exact) mass is 255 g/mol. The van der Waals surface area contributed by atoms with Crippen molar-refractivity contribution in [2.24, 2.45) is 0 Å². The largest absolute Gasteiger partial charge is 0.491 e. The molecule has 0 amide bonds. The summed E-state index contributed by atoms with van der Waals surface area (Å²) in [5, 5.41) is 3.25. The first-order valence-electron chi connectivity index (χ1n) is 6.19. The van der Waals surface area contributed by atoms with Gasteiger partial charge in [0, 0.05) is 25.8 Å². The van der Waals surface area contributed by atoms with Crippen molar-refractivity contribution in [1.82, 2.24) is 5.32 Å². The van der Waals surface area contributed by atoms with Gasteiger partial charge in [-0.1, -0.05) is 13.8 Å². The van der Waals surface area contributed by atoms with Gasteiger partial charge in [-0.25, -0.2) is 4.39 Å². The van der Waals surface area contributed by atoms with Crippen molar-refractivity contribution in [2.45, 2.75) is 39.5 Å². The van der Waals surface area contributed by atoms with Crippen LogP contribution in [0.4, 0.5) is 4.39 Å². The molecular formula is C14H22FNO2. The summed E-state index contributed by atoms with van der Waals surface area (Å²) >= 11 is 0. The van der Waals surface area contributed by atoms with Crippen LogP contribution in [-0.2, 0) is 11.3 Å². The summed E-state index contributed by atoms with van der Waals surface area (Å²) in [4.78, 5) is 0. The van der Waals surface area contributed by atoms with Gasteiger partial charge in [-0.3, -0.25) is 0 Å². The number of rotatable bonds is 7. The predicted octanol–water partition coefficient (Wildman–Crippen LogP) is 2.74. The molecule has 18 heavy (non-hydrogen) atoms. The summed E-state index contributed by atoms with van der Waals surface area (Å²) in [5.41, 5.74) is 0.878. The molecular weight excluding hydrogens is 233 g/mol. The van der Waals surface area contributed by atoms with Gasteiger partial charge >= 0.3 is 0 Å². The van der Waals surface area contributed by atoms with Gasteiger partial charge in [0.1, 0.15) is 18.2 Å². The van der Waals surface area contributed by atoms with E-state index in [2.05, 4.69) is 19.2 Å². The van der Waals surface area contributed by atoms with Crippen molar-refractivity contribution in [2.75, 3.05) is 13.7 Å². The normalized spacial score (nSPS) is 12.8. The summed E-state index contributed by atoms with van der Waals surface area (Å²) in [5.74, 6) is 0.262. The molecule has 0 spiro atoms. The van der Waals surface area contributed by atoms with Crippen LogP contribution in [0.5, 0.6) is 5.75 Å². The summed E-state index contributed by atoms with van der Waals surface area (Å²) in [6.07, 6.45) is -0.00879. The van der Waals surface area contributed by atoms with Crippen LogP contribution in [-0.4, -0.2) is 25.9 Å². The average Bonchev–Trinajstić information content (AvgIpc) is 2.33. The van der Waals surface area contributed by atoms with Crippen LogP contribution >= 0.6 is 0 Å². The molecule has 1 atom stereocenters. The molecule has 0 aromatic heterocycles. The van der Waals surface area contributed by atoms with Crippen LogP contribution in [0.2, 0.25) is 0 Å². The maximum Gasteiger partial charge on any atom is 0.127 e. The third-order valence-corrected chi connectivity index (χ3v) is 2.53. The van der Waals surface area contributed by atoms with E-state index in [0.717, 1.165) is 5.56 Å². The Hall–Kier alpha value is -1.13. The highest BCUT2D eigenvalue weighted by molar-refractivity contribution is 5.29. The Morgan fingerprint density at radius 1 is 1.22 bits per heavy atom. The zero-order chi connectivity index (χ0) is 13.5. The molecule has 1 aromatic carbocycles. The molecule has 1 rings (SSSR count). The highest BCUT2D eigenvalue weighted by atomic mass is 19.1. The van der Waals surface area contributed by atoms with E-state index < -0.39 is 0 Å². The SMILES string of the molecule is COC(C)COc1cc(F)cc(CNC(C)C)c1. The maximum absolute atomic E-state index is 13.4. The van der Waals surface area contributed by atoms with Crippen LogP contribution in [0, 0.1) is 5.82 Å². The molecule has 4 heteroatoms. The fraction of sp³-hybridized carbons (Fsp3) is 0.571. The molecule has 0 saturated carbocycles. The predicted molar refractivity (Wildman–Crippen MR) is 70.3 cm³/mol. The molecule has 1 unspecified atom stereocenters. The zero-order valence-electron chi connectivity index (χ0n) is 11.5. The number of hydrogen-bond acceptors (Lipinski definition) is 3. The van der Waals surface area contributed by atoms with Crippen LogP contribution < -0.4 is 10.1 Å². The molecule has 102 valence electrons. The van der Waals surface area contributed by atoms with E-state index in [4.69, 9.17) is 9.47 Å². The second-order valence-electron chi connectivity index (χ2n) is 4.69. The number of nitrogens with one attached hydrogen (secondary N) is 1. The summed E-state index contributed by atoms with van der Waals surface area (Å²) in [6, 6.07) is 5.12. The standard InChI is InChI=1S/C14H22FNO2/c1-10(2)16-8-12-5-13(15)7-14(6-12)18-9-11(3)17-4/h5-7,10-11,16H,8-9H2,1-4H3. The van der Waals surface area contributed by atoms with Crippen molar-refractivity contribution < 1.29 is 13.9 Å². The van der Waals surface area contributed by atoms with E-state index in [1.807, 2.05) is 13.0 Å². The summed E-state index contributed by atoms with van der Waals surface area (Å²) in [6.45, 7) is 7.05. The lowest BCUT2D eigenvalue weighted by atomic mass is 10.2. The van der Waals surface area contributed by atoms with E-state index in [-0.39, 0.29) is 11.9 Å². The Kier molecular flexibility index (Phi) is 6.09. The number of ether oxygens (including phenoxy) is 2. The lowest BCUT2D eigenvalue weighted by molar-refractivity contribution is 0.0715. The first kappa shape index (κ1) is 14.9. The molecule has 0 bridgehead atoms. The van der Waals surface area contributed by atoms with Gasteiger partial charge in [-0.15, -0.1) is 0 Å². The third kappa shape index (κ3) is 5.47. The molecule has 0 fully saturated rings. The van der Waals surface area contributed by atoms with Crippen molar-refractivity contribution in [3.05, 3.63) is 29.6 Å². The molecule has 1 N–H and O–H groups in total. The zero-order valence-corrected chi connectivity index (χ0v) is 11.5. The molecule has 0 radical (unpaired) electrons. The van der Waals surface area contributed by atoms with Crippen molar-refractivity contribution >= 4 is 0 Å². The maximum atomic E-state index is 13.4. The molecule has 1 aromatic rings. The van der Waals surface area contributed by atoms with E-state index in [1.54, 1.807) is 7.11 Å². The number of methoxy groups -OCH3 is 1. The van der Waals surface area contributed by atoms with Gasteiger partial charge in [-0.05, 0) is 24.6 Å². The number of halogens is 1. The smallest absolute Gasteiger partial charge is 0.127 e. The Morgan fingerprint density at radius 2 is 1.94 bits per heavy atom. The second-order valence-corrected chi connectivity index (χ2v) is 4.69. The van der Waals surface area contributed by atoms with E-state index in [9.17, 15) is 4.39 Å². The van der Waals surface area contributed by atoms with Crippen LogP contribution in [0.25, 0.3) is 0 Å². The average molecular weight is 255 g/mol. The minimum atomic E-state index is -0.280. The van der Waals surface area contributed by atoms with Gasteiger partial charge < -0.3 is 14.8 Å². The topological polar surface area (TPSA) is 30.5 Å². The fourth-order valence-corrected chi connectivity index (χ4v) is 1.41. The molecule has 0 aliphatic carbocycles. The molecule has 0 aliphatic rings. The minimum absolute atomic E-state index is 0.00879. The van der Waals surface area contributed by atoms with E-state index in [0.29, 0.717) is 24.9 Å². The molecule has 0 heterocycles. The Balaban J connectivity index is 2.62. The lowest BCUT2D eigenvalue weighted by Gasteiger charge is -2.13. The number of hydrogen-bond donors (Lipinski definition) is 1. The molecule has 3 nitrogen and oxygen atoms in total. The quantitative estimate of drug-likeness (QED) is 0.812. The summed E-state index contributed by atoms with van der Waals surface area (Å²) < 4.78 is 24.0. The van der Waals surface area contributed by atoms with Crippen LogP contribution in [0.3, 0.4) is 0 Å². The molecule has 0 saturated heterocycles. The Labute approximate surface area is 108 Å². The van der Waals surface area contributed by atoms with E-state index in [1.165, 1.54) is 12.1 Å².